The number of aryl methyl sites for hydroxylation is 1. The summed E-state index contributed by atoms with van der Waals surface area (Å²) in [5, 5.41) is 11.5. The zero-order valence-electron chi connectivity index (χ0n) is 12.0. The molecule has 0 radical (unpaired) electrons. The maximum Gasteiger partial charge on any atom is 0.323 e. The van der Waals surface area contributed by atoms with Crippen molar-refractivity contribution in [1.82, 2.24) is 4.90 Å². The number of anilines is 1. The lowest BCUT2D eigenvalue weighted by Crippen LogP contribution is -2.50. The Balaban J connectivity index is 2.93. The number of carboxylic acid groups (broad SMARTS) is 1. The second kappa shape index (κ2) is 5.90. The highest BCUT2D eigenvalue weighted by Gasteiger charge is 2.28. The molecule has 0 spiro atoms. The number of nitrogens with one attached hydrogen (secondary N) is 1. The second-order valence-corrected chi connectivity index (χ2v) is 5.54. The minimum Gasteiger partial charge on any atom is -0.480 e. The lowest BCUT2D eigenvalue weighted by atomic mass is 10.1. The molecule has 0 atom stereocenters. The molecule has 0 saturated carbocycles. The van der Waals surface area contributed by atoms with Crippen LogP contribution in [0.4, 0.5) is 14.9 Å². The van der Waals surface area contributed by atoms with Crippen molar-refractivity contribution in [3.8, 4) is 0 Å². The Labute approximate surface area is 117 Å². The standard InChI is InChI=1S/C14H19FN2O3/c1-9-7-10(15)5-6-11(9)16-13(20)17(8-12(18)19)14(2,3)4/h5-7H,8H2,1-4H3,(H,16,20)(H,18,19). The number of carbonyl (C=O) groups excluding carboxylic acids is 1. The van der Waals surface area contributed by atoms with Crippen LogP contribution in [0, 0.1) is 12.7 Å². The van der Waals surface area contributed by atoms with Crippen molar-refractivity contribution in [2.24, 2.45) is 0 Å². The smallest absolute Gasteiger partial charge is 0.323 e. The zero-order chi connectivity index (χ0) is 15.5. The summed E-state index contributed by atoms with van der Waals surface area (Å²) in [6, 6.07) is 3.45. The molecule has 0 fully saturated rings. The van der Waals surface area contributed by atoms with Crippen LogP contribution in [-0.2, 0) is 4.79 Å². The Morgan fingerprint density at radius 2 is 1.95 bits per heavy atom. The number of carbonyl (C=O) groups is 2. The average molecular weight is 282 g/mol. The molecule has 0 aliphatic rings. The van der Waals surface area contributed by atoms with Crippen LogP contribution in [0.1, 0.15) is 26.3 Å². The molecule has 6 heteroatoms. The summed E-state index contributed by atoms with van der Waals surface area (Å²) < 4.78 is 13.0. The van der Waals surface area contributed by atoms with Gasteiger partial charge in [-0.1, -0.05) is 0 Å². The van der Waals surface area contributed by atoms with Crippen LogP contribution in [0.2, 0.25) is 0 Å². The summed E-state index contributed by atoms with van der Waals surface area (Å²) in [5.74, 6) is -1.48. The van der Waals surface area contributed by atoms with Crippen molar-refractivity contribution in [3.05, 3.63) is 29.6 Å². The van der Waals surface area contributed by atoms with Crippen LogP contribution >= 0.6 is 0 Å². The van der Waals surface area contributed by atoms with Crippen molar-refractivity contribution < 1.29 is 19.1 Å². The lowest BCUT2D eigenvalue weighted by Gasteiger charge is -2.34. The van der Waals surface area contributed by atoms with Gasteiger partial charge in [0.2, 0.25) is 0 Å². The second-order valence-electron chi connectivity index (χ2n) is 5.54. The molecule has 0 saturated heterocycles. The maximum atomic E-state index is 13.0. The van der Waals surface area contributed by atoms with E-state index in [0.29, 0.717) is 11.3 Å². The van der Waals surface area contributed by atoms with Crippen molar-refractivity contribution in [3.63, 3.8) is 0 Å². The van der Waals surface area contributed by atoms with E-state index in [9.17, 15) is 14.0 Å². The number of hydrogen-bond donors (Lipinski definition) is 2. The monoisotopic (exact) mass is 282 g/mol. The number of urea groups is 1. The van der Waals surface area contributed by atoms with E-state index in [2.05, 4.69) is 5.32 Å². The number of benzene rings is 1. The zero-order valence-corrected chi connectivity index (χ0v) is 12.0. The summed E-state index contributed by atoms with van der Waals surface area (Å²) >= 11 is 0. The molecule has 0 bridgehead atoms. The molecule has 2 N–H and O–H groups in total. The molecule has 1 rings (SSSR count). The highest BCUT2D eigenvalue weighted by molar-refractivity contribution is 5.92. The van der Waals surface area contributed by atoms with Crippen LogP contribution in [0.3, 0.4) is 0 Å². The third kappa shape index (κ3) is 4.22. The lowest BCUT2D eigenvalue weighted by molar-refractivity contribution is -0.138. The largest absolute Gasteiger partial charge is 0.480 e. The molecule has 1 aromatic rings. The van der Waals surface area contributed by atoms with Crippen LogP contribution < -0.4 is 5.32 Å². The van der Waals surface area contributed by atoms with Crippen LogP contribution in [-0.4, -0.2) is 34.1 Å². The Morgan fingerprint density at radius 1 is 1.35 bits per heavy atom. The van der Waals surface area contributed by atoms with Gasteiger partial charge in [-0.05, 0) is 51.5 Å². The molecule has 1 aromatic carbocycles. The fraction of sp³-hybridized carbons (Fsp3) is 0.429. The summed E-state index contributed by atoms with van der Waals surface area (Å²) in [4.78, 5) is 24.2. The third-order valence-electron chi connectivity index (χ3n) is 2.78. The minimum atomic E-state index is -1.09. The fourth-order valence-corrected chi connectivity index (χ4v) is 1.70. The number of halogens is 1. The number of rotatable bonds is 3. The van der Waals surface area contributed by atoms with Gasteiger partial charge < -0.3 is 15.3 Å². The minimum absolute atomic E-state index is 0.390. The summed E-state index contributed by atoms with van der Waals surface area (Å²) in [5.41, 5.74) is 0.384. The van der Waals surface area contributed by atoms with Gasteiger partial charge in [-0.15, -0.1) is 0 Å². The molecular formula is C14H19FN2O3. The molecule has 0 aromatic heterocycles. The quantitative estimate of drug-likeness (QED) is 0.895. The first-order valence-corrected chi connectivity index (χ1v) is 6.18. The van der Waals surface area contributed by atoms with E-state index in [0.717, 1.165) is 0 Å². The van der Waals surface area contributed by atoms with Gasteiger partial charge in [0, 0.05) is 11.2 Å². The molecule has 0 unspecified atom stereocenters. The first kappa shape index (κ1) is 15.9. The molecule has 5 nitrogen and oxygen atoms in total. The van der Waals surface area contributed by atoms with Crippen molar-refractivity contribution in [2.45, 2.75) is 33.2 Å². The number of nitrogens with zero attached hydrogens (tertiary/aromatic N) is 1. The van der Waals surface area contributed by atoms with E-state index in [-0.39, 0.29) is 0 Å². The van der Waals surface area contributed by atoms with Crippen LogP contribution in [0.15, 0.2) is 18.2 Å². The maximum absolute atomic E-state index is 13.0. The van der Waals surface area contributed by atoms with E-state index in [1.54, 1.807) is 27.7 Å². The Bertz CT molecular complexity index is 524. The van der Waals surface area contributed by atoms with Gasteiger partial charge in [0.25, 0.3) is 0 Å². The molecule has 2 amide bonds. The van der Waals surface area contributed by atoms with E-state index < -0.39 is 29.9 Å². The first-order chi connectivity index (χ1) is 9.11. The third-order valence-corrected chi connectivity index (χ3v) is 2.78. The number of carboxylic acids is 1. The molecule has 110 valence electrons. The van der Waals surface area contributed by atoms with Crippen molar-refractivity contribution >= 4 is 17.7 Å². The van der Waals surface area contributed by atoms with Gasteiger partial charge in [0.05, 0.1) is 0 Å². The Morgan fingerprint density at radius 3 is 2.40 bits per heavy atom. The molecule has 0 aliphatic carbocycles. The fourth-order valence-electron chi connectivity index (χ4n) is 1.70. The van der Waals surface area contributed by atoms with Crippen LogP contribution in [0.25, 0.3) is 0 Å². The first-order valence-electron chi connectivity index (χ1n) is 6.18. The summed E-state index contributed by atoms with van der Waals surface area (Å²) in [6.45, 7) is 6.49. The average Bonchev–Trinajstić information content (AvgIpc) is 2.28. The normalized spacial score (nSPS) is 11.1. The molecule has 20 heavy (non-hydrogen) atoms. The van der Waals surface area contributed by atoms with Gasteiger partial charge in [0.15, 0.2) is 0 Å². The predicted molar refractivity (Wildman–Crippen MR) is 74.3 cm³/mol. The summed E-state index contributed by atoms with van der Waals surface area (Å²) in [7, 11) is 0. The van der Waals surface area contributed by atoms with Crippen LogP contribution in [0.5, 0.6) is 0 Å². The molecular weight excluding hydrogens is 263 g/mol. The van der Waals surface area contributed by atoms with Gasteiger partial charge in [-0.2, -0.15) is 0 Å². The van der Waals surface area contributed by atoms with E-state index in [1.807, 2.05) is 0 Å². The number of aliphatic carboxylic acids is 1. The van der Waals surface area contributed by atoms with Crippen molar-refractivity contribution in [1.29, 1.82) is 0 Å². The number of amides is 2. The van der Waals surface area contributed by atoms with E-state index >= 15 is 0 Å². The summed E-state index contributed by atoms with van der Waals surface area (Å²) in [6.07, 6.45) is 0. The topological polar surface area (TPSA) is 69.6 Å². The molecule has 0 heterocycles. The molecule has 0 aliphatic heterocycles. The number of hydrogen-bond acceptors (Lipinski definition) is 2. The Kier molecular flexibility index (Phi) is 4.70. The highest BCUT2D eigenvalue weighted by Crippen LogP contribution is 2.19. The van der Waals surface area contributed by atoms with Gasteiger partial charge >= 0.3 is 12.0 Å². The van der Waals surface area contributed by atoms with Gasteiger partial charge in [0.1, 0.15) is 12.4 Å². The highest BCUT2D eigenvalue weighted by atomic mass is 19.1. The predicted octanol–water partition coefficient (Wildman–Crippen LogP) is 2.85. The van der Waals surface area contributed by atoms with Crippen molar-refractivity contribution in [2.75, 3.05) is 11.9 Å². The van der Waals surface area contributed by atoms with Gasteiger partial charge in [-0.25, -0.2) is 9.18 Å². The SMILES string of the molecule is Cc1cc(F)ccc1NC(=O)N(CC(=O)O)C(C)(C)C. The Hall–Kier alpha value is -2.11. The van der Waals surface area contributed by atoms with E-state index in [1.165, 1.54) is 23.1 Å². The van der Waals surface area contributed by atoms with Gasteiger partial charge in [-0.3, -0.25) is 4.79 Å². The van der Waals surface area contributed by atoms with E-state index in [4.69, 9.17) is 5.11 Å².